The van der Waals surface area contributed by atoms with E-state index in [1.54, 1.807) is 23.1 Å². The maximum absolute atomic E-state index is 13.2. The first-order valence-electron chi connectivity index (χ1n) is 9.76. The van der Waals surface area contributed by atoms with Gasteiger partial charge in [-0.1, -0.05) is 31.2 Å². The van der Waals surface area contributed by atoms with Crippen LogP contribution in [0.3, 0.4) is 0 Å². The Bertz CT molecular complexity index is 1040. The monoisotopic (exact) mass is 396 g/mol. The zero-order valence-corrected chi connectivity index (χ0v) is 16.8. The van der Waals surface area contributed by atoms with E-state index in [2.05, 4.69) is 6.92 Å². The second-order valence-corrected chi connectivity index (χ2v) is 9.10. The molecule has 0 radical (unpaired) electrons. The van der Waals surface area contributed by atoms with E-state index in [1.807, 2.05) is 35.2 Å². The van der Waals surface area contributed by atoms with Crippen molar-refractivity contribution < 1.29 is 13.2 Å². The molecule has 1 fully saturated rings. The zero-order chi connectivity index (χ0) is 19.7. The van der Waals surface area contributed by atoms with Crippen LogP contribution in [0.25, 0.3) is 0 Å². The number of benzene rings is 2. The normalized spacial score (nSPS) is 18.4. The van der Waals surface area contributed by atoms with Gasteiger partial charge in [0, 0.05) is 25.0 Å². The van der Waals surface area contributed by atoms with Crippen LogP contribution in [0.2, 0.25) is 0 Å². The van der Waals surface area contributed by atoms with Crippen LogP contribution in [0, 0.1) is 0 Å². The predicted molar refractivity (Wildman–Crippen MR) is 110 cm³/mol. The Balaban J connectivity index is 1.85. The first-order valence-corrected chi connectivity index (χ1v) is 11.2. The fraction of sp³-hybridized carbons (Fsp3) is 0.318. The number of carbonyl (C=O) groups is 1. The molecule has 1 amide bonds. The summed E-state index contributed by atoms with van der Waals surface area (Å²) in [5, 5.41) is 0. The molecular formula is C22H24N2O3S. The molecule has 0 N–H and O–H groups in total. The van der Waals surface area contributed by atoms with E-state index in [1.165, 1.54) is 6.20 Å². The molecule has 5 nitrogen and oxygen atoms in total. The molecule has 2 aliphatic heterocycles. The van der Waals surface area contributed by atoms with Crippen molar-refractivity contribution in [3.63, 3.8) is 0 Å². The van der Waals surface area contributed by atoms with Crippen molar-refractivity contribution in [1.82, 2.24) is 4.90 Å². The number of para-hydroxylation sites is 1. The average molecular weight is 397 g/mol. The number of rotatable bonds is 3. The van der Waals surface area contributed by atoms with Gasteiger partial charge >= 0.3 is 0 Å². The topological polar surface area (TPSA) is 57.7 Å². The highest BCUT2D eigenvalue weighted by Gasteiger charge is 2.37. The summed E-state index contributed by atoms with van der Waals surface area (Å²) in [5.41, 5.74) is 2.58. The molecule has 0 atom stereocenters. The summed E-state index contributed by atoms with van der Waals surface area (Å²) in [4.78, 5) is 16.7. The number of aryl methyl sites for hydroxylation is 1. The maximum Gasteiger partial charge on any atom is 0.267 e. The molecule has 0 bridgehead atoms. The summed E-state index contributed by atoms with van der Waals surface area (Å²) in [6.07, 6.45) is 5.29. The number of likely N-dealkylation sites (tertiary alicyclic amines) is 1. The summed E-state index contributed by atoms with van der Waals surface area (Å²) in [7, 11) is -3.86. The second-order valence-electron chi connectivity index (χ2n) is 7.21. The lowest BCUT2D eigenvalue weighted by atomic mass is 10.1. The summed E-state index contributed by atoms with van der Waals surface area (Å²) in [5.74, 6) is -0.397. The van der Waals surface area contributed by atoms with Gasteiger partial charge in [0.2, 0.25) is 9.84 Å². The van der Waals surface area contributed by atoms with Crippen LogP contribution in [0.5, 0.6) is 0 Å². The fourth-order valence-corrected chi connectivity index (χ4v) is 5.36. The summed E-state index contributed by atoms with van der Waals surface area (Å²) in [6, 6.07) is 14.9. The number of sulfone groups is 1. The molecule has 2 aliphatic rings. The third-order valence-electron chi connectivity index (χ3n) is 5.40. The smallest absolute Gasteiger partial charge is 0.267 e. The van der Waals surface area contributed by atoms with Crippen molar-refractivity contribution in [1.29, 1.82) is 0 Å². The number of fused-ring (bicyclic) bond motifs is 1. The highest BCUT2D eigenvalue weighted by molar-refractivity contribution is 7.96. The molecule has 2 heterocycles. The molecule has 2 aromatic rings. The minimum atomic E-state index is -3.86. The van der Waals surface area contributed by atoms with Gasteiger partial charge in [0.25, 0.3) is 5.91 Å². The lowest BCUT2D eigenvalue weighted by Gasteiger charge is -2.32. The zero-order valence-electron chi connectivity index (χ0n) is 16.0. The van der Waals surface area contributed by atoms with E-state index in [0.29, 0.717) is 18.8 Å². The number of hydrogen-bond acceptors (Lipinski definition) is 4. The molecule has 0 aromatic heterocycles. The van der Waals surface area contributed by atoms with E-state index in [-0.39, 0.29) is 9.80 Å². The van der Waals surface area contributed by atoms with Crippen molar-refractivity contribution in [2.24, 2.45) is 0 Å². The third-order valence-corrected chi connectivity index (χ3v) is 7.18. The van der Waals surface area contributed by atoms with Crippen molar-refractivity contribution in [2.45, 2.75) is 37.5 Å². The lowest BCUT2D eigenvalue weighted by molar-refractivity contribution is -0.127. The van der Waals surface area contributed by atoms with Gasteiger partial charge < -0.3 is 9.80 Å². The molecule has 28 heavy (non-hydrogen) atoms. The standard InChI is InChI=1S/C22H24N2O3S/c1-2-17-9-8-10-18(15-17)24-16-21(22(25)23-13-6-3-7-14-23)28(26,27)20-12-5-4-11-19(20)24/h4-5,8-12,15-16H,2-3,6-7,13-14H2,1H3. The number of piperidine rings is 1. The Kier molecular flexibility index (Phi) is 4.98. The summed E-state index contributed by atoms with van der Waals surface area (Å²) in [6.45, 7) is 3.30. The Morgan fingerprint density at radius 3 is 2.50 bits per heavy atom. The first kappa shape index (κ1) is 18.7. The number of hydrogen-bond donors (Lipinski definition) is 0. The molecule has 0 aliphatic carbocycles. The van der Waals surface area contributed by atoms with Gasteiger partial charge in [-0.2, -0.15) is 0 Å². The summed E-state index contributed by atoms with van der Waals surface area (Å²) < 4.78 is 26.5. The SMILES string of the molecule is CCc1cccc(N2C=C(C(=O)N3CCCCC3)S(=O)(=O)c3ccccc32)c1. The Morgan fingerprint density at radius 1 is 1.00 bits per heavy atom. The molecule has 0 saturated carbocycles. The van der Waals surface area contributed by atoms with Crippen molar-refractivity contribution in [3.05, 3.63) is 65.2 Å². The van der Waals surface area contributed by atoms with Gasteiger partial charge in [-0.05, 0) is 55.5 Å². The van der Waals surface area contributed by atoms with Gasteiger partial charge in [-0.3, -0.25) is 4.79 Å². The van der Waals surface area contributed by atoms with E-state index in [9.17, 15) is 13.2 Å². The van der Waals surface area contributed by atoms with Crippen LogP contribution in [0.4, 0.5) is 11.4 Å². The molecule has 0 spiro atoms. The molecule has 0 unspecified atom stereocenters. The Morgan fingerprint density at radius 2 is 1.75 bits per heavy atom. The second kappa shape index (κ2) is 7.43. The van der Waals surface area contributed by atoms with Crippen LogP contribution in [0.1, 0.15) is 31.7 Å². The molecule has 146 valence electrons. The molecular weight excluding hydrogens is 372 g/mol. The van der Waals surface area contributed by atoms with Crippen LogP contribution in [0.15, 0.2) is 64.5 Å². The van der Waals surface area contributed by atoms with E-state index in [4.69, 9.17) is 0 Å². The number of anilines is 2. The highest BCUT2D eigenvalue weighted by atomic mass is 32.2. The summed E-state index contributed by atoms with van der Waals surface area (Å²) >= 11 is 0. The van der Waals surface area contributed by atoms with Gasteiger partial charge in [-0.25, -0.2) is 8.42 Å². The van der Waals surface area contributed by atoms with Crippen molar-refractivity contribution in [3.8, 4) is 0 Å². The van der Waals surface area contributed by atoms with Crippen LogP contribution in [-0.4, -0.2) is 32.3 Å². The van der Waals surface area contributed by atoms with Crippen LogP contribution >= 0.6 is 0 Å². The van der Waals surface area contributed by atoms with Gasteiger partial charge in [0.1, 0.15) is 0 Å². The Hall–Kier alpha value is -2.60. The van der Waals surface area contributed by atoms with Crippen LogP contribution < -0.4 is 4.90 Å². The van der Waals surface area contributed by atoms with Gasteiger partial charge in [-0.15, -0.1) is 0 Å². The Labute approximate surface area is 166 Å². The number of carbonyl (C=O) groups excluding carboxylic acids is 1. The third kappa shape index (κ3) is 3.22. The minimum absolute atomic E-state index is 0.144. The molecule has 1 saturated heterocycles. The average Bonchev–Trinajstić information content (AvgIpc) is 2.74. The maximum atomic E-state index is 13.2. The molecule has 2 aromatic carbocycles. The fourth-order valence-electron chi connectivity index (χ4n) is 3.82. The van der Waals surface area contributed by atoms with E-state index in [0.717, 1.165) is 36.9 Å². The van der Waals surface area contributed by atoms with Crippen LogP contribution in [-0.2, 0) is 21.1 Å². The van der Waals surface area contributed by atoms with Gasteiger partial charge in [0.15, 0.2) is 4.91 Å². The van der Waals surface area contributed by atoms with E-state index < -0.39 is 15.7 Å². The number of nitrogens with zero attached hydrogens (tertiary/aromatic N) is 2. The highest BCUT2D eigenvalue weighted by Crippen LogP contribution is 2.40. The lowest BCUT2D eigenvalue weighted by Crippen LogP contribution is -2.39. The predicted octanol–water partition coefficient (Wildman–Crippen LogP) is 4.03. The molecule has 6 heteroatoms. The molecule has 4 rings (SSSR count). The quantitative estimate of drug-likeness (QED) is 0.786. The van der Waals surface area contributed by atoms with Crippen molar-refractivity contribution >= 4 is 27.1 Å². The van der Waals surface area contributed by atoms with Gasteiger partial charge in [0.05, 0.1) is 10.6 Å². The van der Waals surface area contributed by atoms with Crippen molar-refractivity contribution in [2.75, 3.05) is 18.0 Å². The number of amides is 1. The largest absolute Gasteiger partial charge is 0.338 e. The first-order chi connectivity index (χ1) is 13.5. The minimum Gasteiger partial charge on any atom is -0.338 e. The van der Waals surface area contributed by atoms with E-state index >= 15 is 0 Å².